The summed E-state index contributed by atoms with van der Waals surface area (Å²) in [6.45, 7) is 0. The molecule has 72 valence electrons. The van der Waals surface area contributed by atoms with E-state index in [-0.39, 0.29) is 28.6 Å². The van der Waals surface area contributed by atoms with Crippen molar-refractivity contribution >= 4 is 34.9 Å². The highest BCUT2D eigenvalue weighted by Gasteiger charge is 2.04. The SMILES string of the molecule is C#CCC(=O)Nc1cc(Cl)nc(Cl)n1. The van der Waals surface area contributed by atoms with Gasteiger partial charge in [0.05, 0.1) is 6.42 Å². The van der Waals surface area contributed by atoms with E-state index in [2.05, 4.69) is 21.2 Å². The number of halogens is 2. The Labute approximate surface area is 90.6 Å². The second-order valence-corrected chi connectivity index (χ2v) is 3.00. The molecule has 0 radical (unpaired) electrons. The van der Waals surface area contributed by atoms with Crippen LogP contribution in [0.5, 0.6) is 0 Å². The fourth-order valence-corrected chi connectivity index (χ4v) is 1.14. The highest BCUT2D eigenvalue weighted by Crippen LogP contribution is 2.14. The van der Waals surface area contributed by atoms with Crippen LogP contribution in [0.1, 0.15) is 6.42 Å². The van der Waals surface area contributed by atoms with Crippen molar-refractivity contribution in [2.24, 2.45) is 0 Å². The first-order valence-corrected chi connectivity index (χ1v) is 4.31. The average Bonchev–Trinajstić information content (AvgIpc) is 2.01. The molecule has 0 atom stereocenters. The van der Waals surface area contributed by atoms with Crippen molar-refractivity contribution in [1.82, 2.24) is 9.97 Å². The first-order chi connectivity index (χ1) is 6.61. The smallest absolute Gasteiger partial charge is 0.237 e. The summed E-state index contributed by atoms with van der Waals surface area (Å²) in [5.41, 5.74) is 0. The third-order valence-electron chi connectivity index (χ3n) is 1.20. The lowest BCUT2D eigenvalue weighted by Crippen LogP contribution is -2.11. The summed E-state index contributed by atoms with van der Waals surface area (Å²) in [4.78, 5) is 18.4. The third-order valence-corrected chi connectivity index (χ3v) is 1.56. The molecule has 1 aromatic heterocycles. The zero-order chi connectivity index (χ0) is 10.6. The molecular formula is C8H5Cl2N3O. The van der Waals surface area contributed by atoms with Gasteiger partial charge in [0.25, 0.3) is 0 Å². The minimum atomic E-state index is -0.349. The minimum absolute atomic E-state index is 0.0285. The molecule has 1 heterocycles. The molecule has 14 heavy (non-hydrogen) atoms. The van der Waals surface area contributed by atoms with Crippen LogP contribution in [0.3, 0.4) is 0 Å². The summed E-state index contributed by atoms with van der Waals surface area (Å²) >= 11 is 11.1. The minimum Gasteiger partial charge on any atom is -0.310 e. The van der Waals surface area contributed by atoms with Gasteiger partial charge in [0.1, 0.15) is 11.0 Å². The molecule has 1 rings (SSSR count). The van der Waals surface area contributed by atoms with Crippen LogP contribution in [0, 0.1) is 12.3 Å². The van der Waals surface area contributed by atoms with E-state index >= 15 is 0 Å². The molecular weight excluding hydrogens is 225 g/mol. The number of anilines is 1. The van der Waals surface area contributed by atoms with E-state index in [1.54, 1.807) is 0 Å². The molecule has 0 aliphatic heterocycles. The fourth-order valence-electron chi connectivity index (χ4n) is 0.734. The van der Waals surface area contributed by atoms with Crippen molar-refractivity contribution in [2.45, 2.75) is 6.42 Å². The van der Waals surface area contributed by atoms with Gasteiger partial charge in [-0.1, -0.05) is 17.5 Å². The molecule has 0 spiro atoms. The zero-order valence-corrected chi connectivity index (χ0v) is 8.43. The molecule has 0 aromatic carbocycles. The molecule has 1 aromatic rings. The maximum Gasteiger partial charge on any atom is 0.237 e. The average molecular weight is 230 g/mol. The van der Waals surface area contributed by atoms with Gasteiger partial charge < -0.3 is 5.32 Å². The van der Waals surface area contributed by atoms with Crippen LogP contribution in [0.4, 0.5) is 5.82 Å². The molecule has 0 aliphatic carbocycles. The molecule has 0 saturated carbocycles. The monoisotopic (exact) mass is 229 g/mol. The van der Waals surface area contributed by atoms with Gasteiger partial charge in [-0.25, -0.2) is 9.97 Å². The summed E-state index contributed by atoms with van der Waals surface area (Å²) in [7, 11) is 0. The molecule has 4 nitrogen and oxygen atoms in total. The van der Waals surface area contributed by atoms with E-state index in [0.717, 1.165) is 0 Å². The molecule has 0 bridgehead atoms. The standard InChI is InChI=1S/C8H5Cl2N3O/c1-2-3-7(14)12-6-4-5(9)11-8(10)13-6/h1,4H,3H2,(H,11,12,13,14). The van der Waals surface area contributed by atoms with Gasteiger partial charge in [-0.3, -0.25) is 4.79 Å². The maximum atomic E-state index is 11.0. The molecule has 0 saturated heterocycles. The van der Waals surface area contributed by atoms with E-state index in [9.17, 15) is 4.79 Å². The largest absolute Gasteiger partial charge is 0.310 e. The van der Waals surface area contributed by atoms with Crippen molar-refractivity contribution < 1.29 is 4.79 Å². The van der Waals surface area contributed by atoms with Gasteiger partial charge >= 0.3 is 0 Å². The Bertz CT molecular complexity index is 380. The zero-order valence-electron chi connectivity index (χ0n) is 6.92. The van der Waals surface area contributed by atoms with Gasteiger partial charge in [0.2, 0.25) is 11.2 Å². The highest BCUT2D eigenvalue weighted by molar-refractivity contribution is 6.32. The van der Waals surface area contributed by atoms with Crippen molar-refractivity contribution in [3.63, 3.8) is 0 Å². The van der Waals surface area contributed by atoms with Crippen LogP contribution < -0.4 is 5.32 Å². The van der Waals surface area contributed by atoms with Crippen LogP contribution in [0.15, 0.2) is 6.07 Å². The fraction of sp³-hybridized carbons (Fsp3) is 0.125. The number of rotatable bonds is 2. The second kappa shape index (κ2) is 4.80. The van der Waals surface area contributed by atoms with Crippen LogP contribution >= 0.6 is 23.2 Å². The van der Waals surface area contributed by atoms with E-state index < -0.39 is 0 Å². The number of terminal acetylenes is 1. The summed E-state index contributed by atoms with van der Waals surface area (Å²) in [5.74, 6) is 2.08. The lowest BCUT2D eigenvalue weighted by Gasteiger charge is -2.01. The van der Waals surface area contributed by atoms with E-state index in [1.807, 2.05) is 0 Å². The Morgan fingerprint density at radius 3 is 2.86 bits per heavy atom. The van der Waals surface area contributed by atoms with E-state index in [1.165, 1.54) is 6.07 Å². The Morgan fingerprint density at radius 2 is 2.29 bits per heavy atom. The first kappa shape index (κ1) is 10.8. The topological polar surface area (TPSA) is 54.9 Å². The predicted molar refractivity (Wildman–Crippen MR) is 54.1 cm³/mol. The summed E-state index contributed by atoms with van der Waals surface area (Å²) < 4.78 is 0. The number of hydrogen-bond donors (Lipinski definition) is 1. The Hall–Kier alpha value is -1.31. The van der Waals surface area contributed by atoms with Crippen LogP contribution in [-0.4, -0.2) is 15.9 Å². The molecule has 1 amide bonds. The molecule has 1 N–H and O–H groups in total. The quantitative estimate of drug-likeness (QED) is 0.478. The lowest BCUT2D eigenvalue weighted by molar-refractivity contribution is -0.115. The van der Waals surface area contributed by atoms with E-state index in [4.69, 9.17) is 29.6 Å². The summed E-state index contributed by atoms with van der Waals surface area (Å²) in [6, 6.07) is 1.38. The molecule has 6 heteroatoms. The number of carbonyl (C=O) groups is 1. The van der Waals surface area contributed by atoms with Crippen molar-refractivity contribution in [2.75, 3.05) is 5.32 Å². The number of aromatic nitrogens is 2. The van der Waals surface area contributed by atoms with Crippen LogP contribution in [-0.2, 0) is 4.79 Å². The van der Waals surface area contributed by atoms with Crippen LogP contribution in [0.2, 0.25) is 10.4 Å². The normalized spacial score (nSPS) is 9.21. The second-order valence-electron chi connectivity index (χ2n) is 2.27. The van der Waals surface area contributed by atoms with Gasteiger partial charge in [0.15, 0.2) is 0 Å². The number of nitrogens with one attached hydrogen (secondary N) is 1. The molecule has 0 aliphatic rings. The number of amides is 1. The first-order valence-electron chi connectivity index (χ1n) is 3.55. The van der Waals surface area contributed by atoms with Gasteiger partial charge in [-0.2, -0.15) is 0 Å². The Balaban J connectivity index is 2.77. The maximum absolute atomic E-state index is 11.0. The molecule has 0 unspecified atom stereocenters. The van der Waals surface area contributed by atoms with Crippen molar-refractivity contribution in [3.05, 3.63) is 16.5 Å². The number of carbonyl (C=O) groups excluding carboxylic acids is 1. The van der Waals surface area contributed by atoms with Crippen molar-refractivity contribution in [1.29, 1.82) is 0 Å². The van der Waals surface area contributed by atoms with Crippen molar-refractivity contribution in [3.8, 4) is 12.3 Å². The Kier molecular flexibility index (Phi) is 3.69. The lowest BCUT2D eigenvalue weighted by atomic mass is 10.4. The number of hydrogen-bond acceptors (Lipinski definition) is 3. The van der Waals surface area contributed by atoms with Gasteiger partial charge in [-0.15, -0.1) is 6.42 Å². The predicted octanol–water partition coefficient (Wildman–Crippen LogP) is 1.75. The highest BCUT2D eigenvalue weighted by atomic mass is 35.5. The van der Waals surface area contributed by atoms with Crippen LogP contribution in [0.25, 0.3) is 0 Å². The summed E-state index contributed by atoms with van der Waals surface area (Å²) in [6.07, 6.45) is 4.92. The molecule has 0 fully saturated rings. The number of nitrogens with zero attached hydrogens (tertiary/aromatic N) is 2. The van der Waals surface area contributed by atoms with Gasteiger partial charge in [-0.05, 0) is 11.6 Å². The van der Waals surface area contributed by atoms with E-state index in [0.29, 0.717) is 0 Å². The summed E-state index contributed by atoms with van der Waals surface area (Å²) in [5, 5.41) is 2.54. The van der Waals surface area contributed by atoms with Gasteiger partial charge in [0, 0.05) is 6.07 Å². The third kappa shape index (κ3) is 3.21. The Morgan fingerprint density at radius 1 is 1.57 bits per heavy atom.